The third-order valence-electron chi connectivity index (χ3n) is 4.39. The summed E-state index contributed by atoms with van der Waals surface area (Å²) in [7, 11) is 1.62. The van der Waals surface area contributed by atoms with Gasteiger partial charge >= 0.3 is 0 Å². The van der Waals surface area contributed by atoms with Crippen LogP contribution in [0.25, 0.3) is 0 Å². The van der Waals surface area contributed by atoms with Gasteiger partial charge in [0.15, 0.2) is 0 Å². The second kappa shape index (κ2) is 9.42. The van der Waals surface area contributed by atoms with E-state index in [0.29, 0.717) is 18.0 Å². The smallest absolute Gasteiger partial charge is 0.235 e. The van der Waals surface area contributed by atoms with Gasteiger partial charge in [-0.05, 0) is 49.6 Å². The number of rotatable bonds is 8. The van der Waals surface area contributed by atoms with E-state index < -0.39 is 5.41 Å². The summed E-state index contributed by atoms with van der Waals surface area (Å²) in [6.07, 6.45) is 0.674. The van der Waals surface area contributed by atoms with Crippen LogP contribution in [-0.4, -0.2) is 25.5 Å². The topological polar surface area (TPSA) is 67.4 Å². The highest BCUT2D eigenvalue weighted by Gasteiger charge is 2.35. The van der Waals surface area contributed by atoms with E-state index in [1.54, 1.807) is 27.0 Å². The van der Waals surface area contributed by atoms with Crippen LogP contribution in [0.2, 0.25) is 5.02 Å². The van der Waals surface area contributed by atoms with Crippen molar-refractivity contribution in [3.8, 4) is 5.75 Å². The Morgan fingerprint density at radius 2 is 1.63 bits per heavy atom. The highest BCUT2D eigenvalue weighted by molar-refractivity contribution is 6.31. The maximum Gasteiger partial charge on any atom is 0.235 e. The molecule has 0 atom stereocenters. The molecular weight excluding hydrogens is 364 g/mol. The molecule has 0 saturated heterocycles. The first-order chi connectivity index (χ1) is 12.8. The number of benzene rings is 2. The van der Waals surface area contributed by atoms with Crippen LogP contribution < -0.4 is 15.4 Å². The number of carbonyl (C=O) groups excluding carboxylic acids is 2. The molecule has 2 aromatic rings. The monoisotopic (exact) mass is 388 g/mol. The number of hydrogen-bond donors (Lipinski definition) is 2. The quantitative estimate of drug-likeness (QED) is 0.681. The fraction of sp³-hybridized carbons (Fsp3) is 0.333. The first-order valence-electron chi connectivity index (χ1n) is 8.77. The van der Waals surface area contributed by atoms with E-state index >= 15 is 0 Å². The van der Waals surface area contributed by atoms with Gasteiger partial charge in [0.25, 0.3) is 0 Å². The van der Waals surface area contributed by atoms with Gasteiger partial charge in [-0.3, -0.25) is 9.59 Å². The van der Waals surface area contributed by atoms with E-state index in [9.17, 15) is 9.59 Å². The molecule has 6 heteroatoms. The lowest BCUT2D eigenvalue weighted by Crippen LogP contribution is -2.48. The lowest BCUT2D eigenvalue weighted by atomic mass is 9.91. The summed E-state index contributed by atoms with van der Waals surface area (Å²) in [4.78, 5) is 24.9. The van der Waals surface area contributed by atoms with Crippen molar-refractivity contribution in [1.82, 2.24) is 10.6 Å². The maximum absolute atomic E-state index is 12.5. The van der Waals surface area contributed by atoms with Crippen molar-refractivity contribution in [3.63, 3.8) is 0 Å². The summed E-state index contributed by atoms with van der Waals surface area (Å²) in [6, 6.07) is 14.9. The van der Waals surface area contributed by atoms with Crippen molar-refractivity contribution in [2.24, 2.45) is 5.41 Å². The molecule has 0 fully saturated rings. The zero-order chi connectivity index (χ0) is 19.9. The van der Waals surface area contributed by atoms with Gasteiger partial charge in [-0.1, -0.05) is 41.9 Å². The lowest BCUT2D eigenvalue weighted by Gasteiger charge is -2.23. The third kappa shape index (κ3) is 5.73. The highest BCUT2D eigenvalue weighted by atomic mass is 35.5. The Labute approximate surface area is 165 Å². The van der Waals surface area contributed by atoms with Crippen LogP contribution in [0.15, 0.2) is 48.5 Å². The fourth-order valence-corrected chi connectivity index (χ4v) is 2.68. The number of amides is 2. The predicted octanol–water partition coefficient (Wildman–Crippen LogP) is 3.35. The van der Waals surface area contributed by atoms with Gasteiger partial charge in [-0.15, -0.1) is 0 Å². The van der Waals surface area contributed by atoms with Crippen molar-refractivity contribution in [2.45, 2.75) is 26.8 Å². The number of carbonyl (C=O) groups is 2. The lowest BCUT2D eigenvalue weighted by molar-refractivity contribution is -0.141. The molecule has 2 rings (SSSR count). The zero-order valence-corrected chi connectivity index (χ0v) is 16.6. The van der Waals surface area contributed by atoms with Crippen LogP contribution in [0.1, 0.15) is 25.0 Å². The maximum atomic E-state index is 12.5. The van der Waals surface area contributed by atoms with Crippen LogP contribution in [0, 0.1) is 5.41 Å². The molecule has 0 aliphatic heterocycles. The SMILES string of the molecule is COc1ccc(CCNC(=O)C(C)(C)C(=O)NCc2ccccc2Cl)cc1. The van der Waals surface area contributed by atoms with Gasteiger partial charge in [-0.25, -0.2) is 0 Å². The number of hydrogen-bond acceptors (Lipinski definition) is 3. The molecule has 2 N–H and O–H groups in total. The molecule has 2 amide bonds. The molecule has 0 saturated carbocycles. The van der Waals surface area contributed by atoms with E-state index in [0.717, 1.165) is 16.9 Å². The zero-order valence-electron chi connectivity index (χ0n) is 15.8. The Morgan fingerprint density at radius 3 is 2.26 bits per heavy atom. The van der Waals surface area contributed by atoms with Gasteiger partial charge in [0.1, 0.15) is 11.2 Å². The second-order valence-corrected chi connectivity index (χ2v) is 7.16. The fourth-order valence-electron chi connectivity index (χ4n) is 2.47. The van der Waals surface area contributed by atoms with Crippen molar-refractivity contribution in [1.29, 1.82) is 0 Å². The summed E-state index contributed by atoms with van der Waals surface area (Å²) < 4.78 is 5.12. The van der Waals surface area contributed by atoms with Crippen molar-refractivity contribution >= 4 is 23.4 Å². The first kappa shape index (κ1) is 20.8. The largest absolute Gasteiger partial charge is 0.497 e. The average Bonchev–Trinajstić information content (AvgIpc) is 2.67. The van der Waals surface area contributed by atoms with E-state index in [1.165, 1.54) is 0 Å². The van der Waals surface area contributed by atoms with Crippen LogP contribution in [0.5, 0.6) is 5.75 Å². The first-order valence-corrected chi connectivity index (χ1v) is 9.15. The van der Waals surface area contributed by atoms with E-state index in [4.69, 9.17) is 16.3 Å². The highest BCUT2D eigenvalue weighted by Crippen LogP contribution is 2.18. The second-order valence-electron chi connectivity index (χ2n) is 6.75. The minimum absolute atomic E-state index is 0.279. The number of nitrogens with one attached hydrogen (secondary N) is 2. The molecule has 0 spiro atoms. The van der Waals surface area contributed by atoms with Crippen molar-refractivity contribution in [2.75, 3.05) is 13.7 Å². The summed E-state index contributed by atoms with van der Waals surface area (Å²) in [6.45, 7) is 3.95. The third-order valence-corrected chi connectivity index (χ3v) is 4.76. The van der Waals surface area contributed by atoms with Crippen molar-refractivity contribution < 1.29 is 14.3 Å². The molecule has 2 aromatic carbocycles. The van der Waals surface area contributed by atoms with Gasteiger partial charge in [-0.2, -0.15) is 0 Å². The van der Waals surface area contributed by atoms with Crippen LogP contribution >= 0.6 is 11.6 Å². The summed E-state index contributed by atoms with van der Waals surface area (Å²) >= 11 is 6.09. The molecule has 0 aromatic heterocycles. The number of methoxy groups -OCH3 is 1. The van der Waals surface area contributed by atoms with Gasteiger partial charge in [0.2, 0.25) is 11.8 Å². The van der Waals surface area contributed by atoms with Crippen LogP contribution in [0.3, 0.4) is 0 Å². The van der Waals surface area contributed by atoms with Crippen LogP contribution in [-0.2, 0) is 22.6 Å². The Hall–Kier alpha value is -2.53. The summed E-state index contributed by atoms with van der Waals surface area (Å²) in [5, 5.41) is 6.20. The Balaban J connectivity index is 1.83. The normalized spacial score (nSPS) is 11.0. The standard InChI is InChI=1S/C21H25ClN2O3/c1-21(2,20(26)24-14-16-6-4-5-7-18(16)22)19(25)23-13-12-15-8-10-17(27-3)11-9-15/h4-11H,12-14H2,1-3H3,(H,23,25)(H,24,26). The molecule has 0 heterocycles. The Bertz CT molecular complexity index is 788. The average molecular weight is 389 g/mol. The number of ether oxygens (including phenoxy) is 1. The molecule has 0 aliphatic carbocycles. The predicted molar refractivity (Wildman–Crippen MR) is 107 cm³/mol. The minimum Gasteiger partial charge on any atom is -0.497 e. The summed E-state index contributed by atoms with van der Waals surface area (Å²) in [5.74, 6) is 0.135. The van der Waals surface area contributed by atoms with Gasteiger partial charge < -0.3 is 15.4 Å². The number of halogens is 1. The Morgan fingerprint density at radius 1 is 1.00 bits per heavy atom. The molecule has 0 aliphatic rings. The molecule has 5 nitrogen and oxygen atoms in total. The van der Waals surface area contributed by atoms with E-state index in [-0.39, 0.29) is 18.4 Å². The molecule has 0 bridgehead atoms. The molecule has 144 valence electrons. The van der Waals surface area contributed by atoms with E-state index in [1.807, 2.05) is 42.5 Å². The van der Waals surface area contributed by atoms with Crippen LogP contribution in [0.4, 0.5) is 0 Å². The molecule has 27 heavy (non-hydrogen) atoms. The van der Waals surface area contributed by atoms with Gasteiger partial charge in [0.05, 0.1) is 7.11 Å². The summed E-state index contributed by atoms with van der Waals surface area (Å²) in [5.41, 5.74) is 0.710. The van der Waals surface area contributed by atoms with E-state index in [2.05, 4.69) is 10.6 Å². The Kier molecular flexibility index (Phi) is 7.25. The molecular formula is C21H25ClN2O3. The molecule has 0 radical (unpaired) electrons. The molecule has 0 unspecified atom stereocenters. The van der Waals surface area contributed by atoms with Crippen molar-refractivity contribution in [3.05, 3.63) is 64.7 Å². The van der Waals surface area contributed by atoms with Gasteiger partial charge in [0, 0.05) is 18.1 Å². The minimum atomic E-state index is -1.18.